The molecule has 1 aromatic carbocycles. The monoisotopic (exact) mass is 311 g/mol. The Hall–Kier alpha value is -1.92. The van der Waals surface area contributed by atoms with Crippen molar-refractivity contribution in [1.29, 1.82) is 0 Å². The standard InChI is InChI=1S/C13H10ClNO4S/c14-9-3-1-2-4-11(9)19-6-10(16)13-15-8(7-20-13)5-12(17)18/h1-4,7H,5-6H2,(H,17,18). The average molecular weight is 312 g/mol. The number of ketones is 1. The third-order valence-electron chi connectivity index (χ3n) is 2.32. The predicted octanol–water partition coefficient (Wildman–Crippen LogP) is 2.69. The smallest absolute Gasteiger partial charge is 0.309 e. The van der Waals surface area contributed by atoms with Gasteiger partial charge in [-0.05, 0) is 12.1 Å². The molecule has 0 amide bonds. The van der Waals surface area contributed by atoms with Gasteiger partial charge in [-0.1, -0.05) is 23.7 Å². The van der Waals surface area contributed by atoms with E-state index in [1.807, 2.05) is 0 Å². The molecule has 2 aromatic rings. The number of halogens is 1. The minimum atomic E-state index is -0.985. The van der Waals surface area contributed by atoms with Gasteiger partial charge in [-0.2, -0.15) is 0 Å². The summed E-state index contributed by atoms with van der Waals surface area (Å²) < 4.78 is 5.31. The van der Waals surface area contributed by atoms with Gasteiger partial charge in [0.25, 0.3) is 0 Å². The van der Waals surface area contributed by atoms with Crippen molar-refractivity contribution in [3.63, 3.8) is 0 Å². The van der Waals surface area contributed by atoms with Gasteiger partial charge in [0.1, 0.15) is 5.75 Å². The van der Waals surface area contributed by atoms with E-state index in [0.29, 0.717) is 16.5 Å². The largest absolute Gasteiger partial charge is 0.484 e. The highest BCUT2D eigenvalue weighted by Crippen LogP contribution is 2.23. The van der Waals surface area contributed by atoms with Gasteiger partial charge in [0.2, 0.25) is 5.78 Å². The molecule has 0 radical (unpaired) electrons. The second-order valence-electron chi connectivity index (χ2n) is 3.86. The molecule has 0 aliphatic carbocycles. The second-order valence-corrected chi connectivity index (χ2v) is 5.12. The number of rotatable bonds is 6. The number of nitrogens with zero attached hydrogens (tertiary/aromatic N) is 1. The van der Waals surface area contributed by atoms with E-state index < -0.39 is 5.97 Å². The van der Waals surface area contributed by atoms with Gasteiger partial charge in [-0.15, -0.1) is 11.3 Å². The van der Waals surface area contributed by atoms with Crippen LogP contribution in [0, 0.1) is 0 Å². The number of hydrogen-bond acceptors (Lipinski definition) is 5. The van der Waals surface area contributed by atoms with E-state index in [0.717, 1.165) is 11.3 Å². The predicted molar refractivity (Wildman–Crippen MR) is 74.7 cm³/mol. The van der Waals surface area contributed by atoms with Crippen molar-refractivity contribution in [1.82, 2.24) is 4.98 Å². The van der Waals surface area contributed by atoms with Gasteiger partial charge in [0.05, 0.1) is 17.1 Å². The first-order valence-electron chi connectivity index (χ1n) is 5.63. The summed E-state index contributed by atoms with van der Waals surface area (Å²) in [6.45, 7) is -0.191. The summed E-state index contributed by atoms with van der Waals surface area (Å²) in [5, 5.41) is 10.8. The molecule has 2 rings (SSSR count). The second kappa shape index (κ2) is 6.49. The highest BCUT2D eigenvalue weighted by Gasteiger charge is 2.14. The van der Waals surface area contributed by atoms with Crippen LogP contribution in [0.25, 0.3) is 0 Å². The summed E-state index contributed by atoms with van der Waals surface area (Å²) in [4.78, 5) is 26.4. The Morgan fingerprint density at radius 1 is 1.35 bits per heavy atom. The molecule has 0 aliphatic rings. The van der Waals surface area contributed by atoms with Crippen LogP contribution in [0.3, 0.4) is 0 Å². The maximum absolute atomic E-state index is 11.9. The zero-order valence-corrected chi connectivity index (χ0v) is 11.8. The highest BCUT2D eigenvalue weighted by atomic mass is 35.5. The van der Waals surface area contributed by atoms with Gasteiger partial charge in [-0.25, -0.2) is 4.98 Å². The number of carboxylic acid groups (broad SMARTS) is 1. The van der Waals surface area contributed by atoms with E-state index in [2.05, 4.69) is 4.98 Å². The van der Waals surface area contributed by atoms with Crippen molar-refractivity contribution in [2.75, 3.05) is 6.61 Å². The fraction of sp³-hybridized carbons (Fsp3) is 0.154. The number of aromatic nitrogens is 1. The third-order valence-corrected chi connectivity index (χ3v) is 3.56. The fourth-order valence-electron chi connectivity index (χ4n) is 1.44. The van der Waals surface area contributed by atoms with Crippen LogP contribution in [0.2, 0.25) is 5.02 Å². The Bertz CT molecular complexity index is 641. The number of thiazole rings is 1. The minimum Gasteiger partial charge on any atom is -0.484 e. The molecule has 0 saturated heterocycles. The Morgan fingerprint density at radius 3 is 2.80 bits per heavy atom. The number of carboxylic acids is 1. The fourth-order valence-corrected chi connectivity index (χ4v) is 2.37. The Balaban J connectivity index is 1.97. The number of ether oxygens (including phenoxy) is 1. The van der Waals surface area contributed by atoms with Gasteiger partial charge in [-0.3, -0.25) is 9.59 Å². The van der Waals surface area contributed by atoms with Crippen LogP contribution in [0.15, 0.2) is 29.6 Å². The molecule has 0 aliphatic heterocycles. The van der Waals surface area contributed by atoms with Crippen LogP contribution in [0.5, 0.6) is 5.75 Å². The van der Waals surface area contributed by atoms with Gasteiger partial charge >= 0.3 is 5.97 Å². The molecule has 1 aromatic heterocycles. The molecule has 0 unspecified atom stereocenters. The molecule has 0 fully saturated rings. The molecule has 0 saturated carbocycles. The number of benzene rings is 1. The van der Waals surface area contributed by atoms with Crippen LogP contribution in [-0.2, 0) is 11.2 Å². The number of para-hydroxylation sites is 1. The van der Waals surface area contributed by atoms with Gasteiger partial charge in [0.15, 0.2) is 11.6 Å². The van der Waals surface area contributed by atoms with Crippen molar-refractivity contribution in [3.05, 3.63) is 45.4 Å². The maximum Gasteiger partial charge on any atom is 0.309 e. The Kier molecular flexibility index (Phi) is 4.70. The molecule has 0 spiro atoms. The van der Waals surface area contributed by atoms with Crippen LogP contribution in [0.1, 0.15) is 15.5 Å². The highest BCUT2D eigenvalue weighted by molar-refractivity contribution is 7.11. The van der Waals surface area contributed by atoms with E-state index in [1.165, 1.54) is 0 Å². The van der Waals surface area contributed by atoms with E-state index in [-0.39, 0.29) is 23.8 Å². The molecule has 1 heterocycles. The number of Topliss-reactive ketones (excluding diaryl/α,β-unsaturated/α-hetero) is 1. The lowest BCUT2D eigenvalue weighted by Gasteiger charge is -2.05. The normalized spacial score (nSPS) is 10.2. The van der Waals surface area contributed by atoms with Crippen LogP contribution < -0.4 is 4.74 Å². The summed E-state index contributed by atoms with van der Waals surface area (Å²) in [7, 11) is 0. The molecular weight excluding hydrogens is 302 g/mol. The lowest BCUT2D eigenvalue weighted by atomic mass is 10.3. The average Bonchev–Trinajstić information content (AvgIpc) is 2.85. The van der Waals surface area contributed by atoms with Crippen molar-refractivity contribution in [2.45, 2.75) is 6.42 Å². The Labute approximate surface area is 123 Å². The van der Waals surface area contributed by atoms with Crippen LogP contribution in [-0.4, -0.2) is 28.4 Å². The summed E-state index contributed by atoms with van der Waals surface area (Å²) >= 11 is 7.00. The Morgan fingerprint density at radius 2 is 2.10 bits per heavy atom. The van der Waals surface area contributed by atoms with E-state index in [1.54, 1.807) is 29.6 Å². The molecule has 5 nitrogen and oxygen atoms in total. The first-order valence-corrected chi connectivity index (χ1v) is 6.88. The molecule has 20 heavy (non-hydrogen) atoms. The molecule has 104 valence electrons. The number of carbonyl (C=O) groups is 2. The van der Waals surface area contributed by atoms with Crippen LogP contribution >= 0.6 is 22.9 Å². The van der Waals surface area contributed by atoms with E-state index >= 15 is 0 Å². The van der Waals surface area contributed by atoms with Crippen molar-refractivity contribution in [2.24, 2.45) is 0 Å². The molecule has 1 N–H and O–H groups in total. The molecular formula is C13H10ClNO4S. The summed E-state index contributed by atoms with van der Waals surface area (Å²) in [5.41, 5.74) is 0.364. The number of aliphatic carboxylic acids is 1. The quantitative estimate of drug-likeness (QED) is 0.830. The van der Waals surface area contributed by atoms with E-state index in [4.69, 9.17) is 21.4 Å². The van der Waals surface area contributed by atoms with Crippen LogP contribution in [0.4, 0.5) is 0 Å². The summed E-state index contributed by atoms with van der Waals surface area (Å²) in [6, 6.07) is 6.83. The molecule has 7 heteroatoms. The van der Waals surface area contributed by atoms with Gasteiger partial charge in [0, 0.05) is 5.38 Å². The zero-order chi connectivity index (χ0) is 14.5. The van der Waals surface area contributed by atoms with E-state index in [9.17, 15) is 9.59 Å². The zero-order valence-electron chi connectivity index (χ0n) is 10.2. The molecule has 0 bridgehead atoms. The first kappa shape index (κ1) is 14.5. The van der Waals surface area contributed by atoms with Crippen molar-refractivity contribution < 1.29 is 19.4 Å². The lowest BCUT2D eigenvalue weighted by molar-refractivity contribution is -0.136. The number of carbonyl (C=O) groups excluding carboxylic acids is 1. The summed E-state index contributed by atoms with van der Waals surface area (Å²) in [6.07, 6.45) is -0.199. The first-order chi connectivity index (χ1) is 9.56. The lowest BCUT2D eigenvalue weighted by Crippen LogP contribution is -2.12. The SMILES string of the molecule is O=C(O)Cc1csc(C(=O)COc2ccccc2Cl)n1. The van der Waals surface area contributed by atoms with Crippen molar-refractivity contribution in [3.8, 4) is 5.75 Å². The minimum absolute atomic E-state index is 0.191. The number of hydrogen-bond donors (Lipinski definition) is 1. The maximum atomic E-state index is 11.9. The van der Waals surface area contributed by atoms with Gasteiger partial charge < -0.3 is 9.84 Å². The van der Waals surface area contributed by atoms with Crippen molar-refractivity contribution >= 4 is 34.7 Å². The summed E-state index contributed by atoms with van der Waals surface area (Å²) in [5.74, 6) is -0.877. The third kappa shape index (κ3) is 3.79. The topological polar surface area (TPSA) is 76.5 Å². The molecule has 0 atom stereocenters.